The van der Waals surface area contributed by atoms with E-state index in [2.05, 4.69) is 10.4 Å². The van der Waals surface area contributed by atoms with E-state index in [9.17, 15) is 9.59 Å². The van der Waals surface area contributed by atoms with Gasteiger partial charge >= 0.3 is 6.03 Å². The minimum absolute atomic E-state index is 0.116. The molecule has 3 amide bonds. The Hall–Kier alpha value is -3.55. The van der Waals surface area contributed by atoms with Crippen LogP contribution in [0.5, 0.6) is 11.5 Å². The topological polar surface area (TPSA) is 83.5 Å². The van der Waals surface area contributed by atoms with E-state index >= 15 is 0 Å². The van der Waals surface area contributed by atoms with E-state index in [1.54, 1.807) is 0 Å². The molecule has 2 aromatic carbocycles. The molecule has 1 N–H and O–H groups in total. The van der Waals surface area contributed by atoms with Gasteiger partial charge in [0.15, 0.2) is 11.5 Å². The molecular formula is C24H26N4O4. The Bertz CT molecular complexity index is 1080. The van der Waals surface area contributed by atoms with Gasteiger partial charge in [0, 0.05) is 13.0 Å². The second-order valence-corrected chi connectivity index (χ2v) is 8.42. The van der Waals surface area contributed by atoms with E-state index < -0.39 is 0 Å². The molecule has 8 nitrogen and oxygen atoms in total. The molecule has 0 aromatic heterocycles. The molecule has 0 saturated carbocycles. The van der Waals surface area contributed by atoms with Crippen molar-refractivity contribution in [1.82, 2.24) is 15.2 Å². The summed E-state index contributed by atoms with van der Waals surface area (Å²) >= 11 is 0. The van der Waals surface area contributed by atoms with Gasteiger partial charge in [0.25, 0.3) is 0 Å². The SMILES string of the molecule is Cc1ccc(C2=NN(C(=O)N[C@H](C)c3ccc4c(c3)OCO4)C[C@@H]2N2CCCC2=O)cc1. The molecular weight excluding hydrogens is 408 g/mol. The number of carbonyl (C=O) groups excluding carboxylic acids is 2. The van der Waals surface area contributed by atoms with Crippen LogP contribution in [0, 0.1) is 6.92 Å². The van der Waals surface area contributed by atoms with Crippen LogP contribution in [0.4, 0.5) is 4.79 Å². The summed E-state index contributed by atoms with van der Waals surface area (Å²) in [5.41, 5.74) is 3.75. The Morgan fingerprint density at radius 3 is 2.69 bits per heavy atom. The zero-order valence-corrected chi connectivity index (χ0v) is 18.2. The molecule has 0 unspecified atom stereocenters. The first kappa shape index (κ1) is 20.4. The molecule has 1 saturated heterocycles. The molecule has 0 spiro atoms. The maximum Gasteiger partial charge on any atom is 0.338 e. The standard InChI is InChI=1S/C24H26N4O4/c1-15-5-7-17(8-6-15)23-19(27-11-3-4-22(27)29)13-28(26-23)24(30)25-16(2)18-9-10-20-21(12-18)32-14-31-20/h5-10,12,16,19H,3-4,11,13-14H2,1-2H3,(H,25,30)/t16-,19+/m1/s1. The third-order valence-electron chi connectivity index (χ3n) is 6.19. The predicted octanol–water partition coefficient (Wildman–Crippen LogP) is 3.21. The minimum Gasteiger partial charge on any atom is -0.454 e. The Kier molecular flexibility index (Phi) is 5.20. The van der Waals surface area contributed by atoms with E-state index in [4.69, 9.17) is 9.47 Å². The lowest BCUT2D eigenvalue weighted by Crippen LogP contribution is -2.46. The molecule has 3 aliphatic heterocycles. The average molecular weight is 434 g/mol. The number of hydrazone groups is 1. The van der Waals surface area contributed by atoms with Crippen molar-refractivity contribution in [1.29, 1.82) is 0 Å². The lowest BCUT2D eigenvalue weighted by atomic mass is 10.0. The third kappa shape index (κ3) is 3.77. The lowest BCUT2D eigenvalue weighted by Gasteiger charge is -2.25. The van der Waals surface area contributed by atoms with E-state index in [0.717, 1.165) is 28.8 Å². The summed E-state index contributed by atoms with van der Waals surface area (Å²) in [6.07, 6.45) is 1.38. The number of nitrogens with zero attached hydrogens (tertiary/aromatic N) is 3. The normalized spacial score (nSPS) is 20.5. The van der Waals surface area contributed by atoms with Crippen LogP contribution in [0.15, 0.2) is 47.6 Å². The molecule has 8 heteroatoms. The van der Waals surface area contributed by atoms with E-state index in [1.165, 1.54) is 5.01 Å². The van der Waals surface area contributed by atoms with Crippen molar-refractivity contribution in [2.24, 2.45) is 5.10 Å². The molecule has 0 radical (unpaired) electrons. The number of hydrogen-bond donors (Lipinski definition) is 1. The molecule has 166 valence electrons. The fraction of sp³-hybridized carbons (Fsp3) is 0.375. The first-order valence-corrected chi connectivity index (χ1v) is 10.9. The average Bonchev–Trinajstić information content (AvgIpc) is 3.52. The summed E-state index contributed by atoms with van der Waals surface area (Å²) < 4.78 is 10.8. The van der Waals surface area contributed by atoms with Gasteiger partial charge in [-0.15, -0.1) is 0 Å². The Labute approximate surface area is 186 Å². The van der Waals surface area contributed by atoms with Gasteiger partial charge < -0.3 is 19.7 Å². The van der Waals surface area contributed by atoms with Crippen LogP contribution < -0.4 is 14.8 Å². The van der Waals surface area contributed by atoms with E-state index in [1.807, 2.05) is 61.2 Å². The lowest BCUT2D eigenvalue weighted by molar-refractivity contribution is -0.128. The van der Waals surface area contributed by atoms with Crippen LogP contribution in [-0.2, 0) is 4.79 Å². The van der Waals surface area contributed by atoms with Gasteiger partial charge in [-0.25, -0.2) is 9.80 Å². The van der Waals surface area contributed by atoms with Crippen molar-refractivity contribution in [3.05, 3.63) is 59.2 Å². The van der Waals surface area contributed by atoms with Gasteiger partial charge in [0.2, 0.25) is 12.7 Å². The maximum absolute atomic E-state index is 13.1. The van der Waals surface area contributed by atoms with Crippen molar-refractivity contribution in [3.63, 3.8) is 0 Å². The van der Waals surface area contributed by atoms with Crippen LogP contribution in [0.2, 0.25) is 0 Å². The molecule has 2 atom stereocenters. The smallest absolute Gasteiger partial charge is 0.338 e. The number of urea groups is 1. The summed E-state index contributed by atoms with van der Waals surface area (Å²) in [6.45, 7) is 5.18. The van der Waals surface area contributed by atoms with Gasteiger partial charge in [-0.2, -0.15) is 5.10 Å². The molecule has 1 fully saturated rings. The van der Waals surface area contributed by atoms with E-state index in [0.29, 0.717) is 31.0 Å². The first-order chi connectivity index (χ1) is 15.5. The number of fused-ring (bicyclic) bond motifs is 1. The largest absolute Gasteiger partial charge is 0.454 e. The second kappa shape index (κ2) is 8.18. The summed E-state index contributed by atoms with van der Waals surface area (Å²) in [7, 11) is 0. The monoisotopic (exact) mass is 434 g/mol. The van der Waals surface area contributed by atoms with Crippen LogP contribution in [0.1, 0.15) is 42.5 Å². The van der Waals surface area contributed by atoms with Crippen molar-refractivity contribution in [3.8, 4) is 11.5 Å². The van der Waals surface area contributed by atoms with Gasteiger partial charge in [-0.05, 0) is 43.5 Å². The van der Waals surface area contributed by atoms with Crippen LogP contribution >= 0.6 is 0 Å². The number of rotatable bonds is 4. The Morgan fingerprint density at radius 2 is 1.94 bits per heavy atom. The summed E-state index contributed by atoms with van der Waals surface area (Å²) in [6, 6.07) is 12.9. The number of ether oxygens (including phenoxy) is 2. The molecule has 3 aliphatic rings. The fourth-order valence-corrected chi connectivity index (χ4v) is 4.36. The molecule has 0 aliphatic carbocycles. The van der Waals surface area contributed by atoms with Gasteiger partial charge in [-0.3, -0.25) is 4.79 Å². The highest BCUT2D eigenvalue weighted by Crippen LogP contribution is 2.34. The highest BCUT2D eigenvalue weighted by atomic mass is 16.7. The third-order valence-corrected chi connectivity index (χ3v) is 6.19. The number of benzene rings is 2. The number of aryl methyl sites for hydroxylation is 1. The van der Waals surface area contributed by atoms with Crippen molar-refractivity contribution in [2.45, 2.75) is 38.8 Å². The maximum atomic E-state index is 13.1. The zero-order valence-electron chi connectivity index (χ0n) is 18.2. The van der Waals surface area contributed by atoms with Crippen LogP contribution in [0.3, 0.4) is 0 Å². The molecule has 2 aromatic rings. The zero-order chi connectivity index (χ0) is 22.2. The molecule has 5 rings (SSSR count). The number of amides is 3. The molecule has 0 bridgehead atoms. The van der Waals surface area contributed by atoms with E-state index in [-0.39, 0.29) is 30.8 Å². The van der Waals surface area contributed by atoms with Gasteiger partial charge in [0.05, 0.1) is 24.3 Å². The van der Waals surface area contributed by atoms with Crippen LogP contribution in [-0.4, -0.2) is 53.5 Å². The Morgan fingerprint density at radius 1 is 1.16 bits per heavy atom. The minimum atomic E-state index is -0.297. The van der Waals surface area contributed by atoms with Crippen molar-refractivity contribution < 1.29 is 19.1 Å². The number of carbonyl (C=O) groups is 2. The quantitative estimate of drug-likeness (QED) is 0.801. The number of likely N-dealkylation sites (tertiary alicyclic amines) is 1. The summed E-state index contributed by atoms with van der Waals surface area (Å²) in [5.74, 6) is 1.50. The predicted molar refractivity (Wildman–Crippen MR) is 119 cm³/mol. The highest BCUT2D eigenvalue weighted by Gasteiger charge is 2.39. The van der Waals surface area contributed by atoms with Crippen molar-refractivity contribution in [2.75, 3.05) is 19.9 Å². The highest BCUT2D eigenvalue weighted by molar-refractivity contribution is 6.08. The molecule has 32 heavy (non-hydrogen) atoms. The summed E-state index contributed by atoms with van der Waals surface area (Å²) in [4.78, 5) is 27.4. The number of hydrogen-bond acceptors (Lipinski definition) is 5. The number of nitrogens with one attached hydrogen (secondary N) is 1. The van der Waals surface area contributed by atoms with Crippen molar-refractivity contribution >= 4 is 17.6 Å². The Balaban J connectivity index is 1.35. The fourth-order valence-electron chi connectivity index (χ4n) is 4.36. The van der Waals surface area contributed by atoms with Crippen LogP contribution in [0.25, 0.3) is 0 Å². The molecule has 3 heterocycles. The summed E-state index contributed by atoms with van der Waals surface area (Å²) in [5, 5.41) is 9.10. The first-order valence-electron chi connectivity index (χ1n) is 10.9. The second-order valence-electron chi connectivity index (χ2n) is 8.42. The van der Waals surface area contributed by atoms with Gasteiger partial charge in [-0.1, -0.05) is 35.9 Å². The van der Waals surface area contributed by atoms with Gasteiger partial charge in [0.1, 0.15) is 0 Å².